The van der Waals surface area contributed by atoms with Gasteiger partial charge in [0.2, 0.25) is 5.78 Å². The van der Waals surface area contributed by atoms with Gasteiger partial charge < -0.3 is 0 Å². The summed E-state index contributed by atoms with van der Waals surface area (Å²) < 4.78 is 3.01. The van der Waals surface area contributed by atoms with Gasteiger partial charge in [0.25, 0.3) is 5.56 Å². The predicted molar refractivity (Wildman–Crippen MR) is 91.3 cm³/mol. The van der Waals surface area contributed by atoms with Gasteiger partial charge in [-0.1, -0.05) is 53.2 Å². The van der Waals surface area contributed by atoms with Gasteiger partial charge in [-0.3, -0.25) is 14.2 Å². The second kappa shape index (κ2) is 6.66. The molecule has 0 atom stereocenters. The van der Waals surface area contributed by atoms with Crippen LogP contribution in [0.1, 0.15) is 24.6 Å². The van der Waals surface area contributed by atoms with Crippen molar-refractivity contribution in [3.8, 4) is 0 Å². The molecule has 0 bridgehead atoms. The Morgan fingerprint density at radius 3 is 2.77 bits per heavy atom. The summed E-state index contributed by atoms with van der Waals surface area (Å²) in [6.07, 6.45) is 1.79. The number of thioether (sulfide) groups is 1. The highest BCUT2D eigenvalue weighted by Crippen LogP contribution is 2.23. The molecule has 1 N–H and O–H groups in total. The van der Waals surface area contributed by atoms with Crippen LogP contribution in [-0.4, -0.2) is 19.6 Å². The Hall–Kier alpha value is -1.60. The van der Waals surface area contributed by atoms with Crippen molar-refractivity contribution < 1.29 is 0 Å². The average molecular weight is 379 g/mol. The molecule has 7 heteroatoms. The molecule has 2 heterocycles. The molecule has 0 fully saturated rings. The van der Waals surface area contributed by atoms with E-state index in [0.717, 1.165) is 33.9 Å². The van der Waals surface area contributed by atoms with Gasteiger partial charge in [-0.2, -0.15) is 0 Å². The Bertz CT molecular complexity index is 841. The van der Waals surface area contributed by atoms with E-state index in [1.807, 2.05) is 16.5 Å². The minimum absolute atomic E-state index is 0.132. The number of nitrogens with zero attached hydrogens (tertiary/aromatic N) is 3. The minimum atomic E-state index is -0.132. The Labute approximate surface area is 140 Å². The first-order valence-electron chi connectivity index (χ1n) is 7.02. The van der Waals surface area contributed by atoms with Crippen LogP contribution in [0.3, 0.4) is 0 Å². The molecule has 1 aromatic carbocycles. The van der Waals surface area contributed by atoms with E-state index in [2.05, 4.69) is 50.2 Å². The molecular weight excluding hydrogens is 364 g/mol. The summed E-state index contributed by atoms with van der Waals surface area (Å²) in [7, 11) is 0. The van der Waals surface area contributed by atoms with E-state index in [-0.39, 0.29) is 5.56 Å². The highest BCUT2D eigenvalue weighted by atomic mass is 79.9. The number of halogens is 1. The molecular formula is C15H15BrN4OS. The molecule has 3 rings (SSSR count). The number of aryl methyl sites for hydroxylation is 1. The zero-order valence-electron chi connectivity index (χ0n) is 12.0. The van der Waals surface area contributed by atoms with Crippen LogP contribution in [0.25, 0.3) is 5.78 Å². The smallest absolute Gasteiger partial charge is 0.252 e. The normalized spacial score (nSPS) is 11.2. The van der Waals surface area contributed by atoms with Crippen LogP contribution in [0.2, 0.25) is 0 Å². The van der Waals surface area contributed by atoms with Gasteiger partial charge in [-0.05, 0) is 24.1 Å². The van der Waals surface area contributed by atoms with Gasteiger partial charge in [-0.25, -0.2) is 0 Å². The lowest BCUT2D eigenvalue weighted by Crippen LogP contribution is -2.11. The molecule has 22 heavy (non-hydrogen) atoms. The van der Waals surface area contributed by atoms with Crippen molar-refractivity contribution in [3.05, 3.63) is 56.4 Å². The fraction of sp³-hybridized carbons (Fsp3) is 0.267. The number of rotatable bonds is 5. The topological polar surface area (TPSA) is 63.0 Å². The highest BCUT2D eigenvalue weighted by Gasteiger charge is 2.11. The Kier molecular flexibility index (Phi) is 4.63. The molecule has 2 aromatic heterocycles. The third-order valence-corrected chi connectivity index (χ3v) is 4.77. The van der Waals surface area contributed by atoms with E-state index in [4.69, 9.17) is 0 Å². The van der Waals surface area contributed by atoms with E-state index in [9.17, 15) is 4.79 Å². The fourth-order valence-corrected chi connectivity index (χ4v) is 3.42. The van der Waals surface area contributed by atoms with Crippen molar-refractivity contribution in [2.45, 2.75) is 30.7 Å². The quantitative estimate of drug-likeness (QED) is 0.690. The molecule has 114 valence electrons. The third-order valence-electron chi connectivity index (χ3n) is 3.24. The van der Waals surface area contributed by atoms with Crippen molar-refractivity contribution >= 4 is 33.5 Å². The fourth-order valence-electron chi connectivity index (χ4n) is 2.23. The van der Waals surface area contributed by atoms with E-state index < -0.39 is 0 Å². The molecule has 3 aromatic rings. The second-order valence-corrected chi connectivity index (χ2v) is 6.79. The lowest BCUT2D eigenvalue weighted by atomic mass is 10.2. The lowest BCUT2D eigenvalue weighted by molar-refractivity contribution is 0.800. The van der Waals surface area contributed by atoms with E-state index in [1.165, 1.54) is 5.56 Å². The van der Waals surface area contributed by atoms with Gasteiger partial charge >= 0.3 is 0 Å². The SMILES string of the molecule is CCCc1cc(=O)[nH]c2nnc(SCc3ccc(Br)cc3)n12. The number of aromatic nitrogens is 4. The number of H-pyrrole nitrogens is 1. The summed E-state index contributed by atoms with van der Waals surface area (Å²) in [6, 6.07) is 9.84. The molecule has 0 aliphatic carbocycles. The van der Waals surface area contributed by atoms with Crippen molar-refractivity contribution in [2.75, 3.05) is 0 Å². The van der Waals surface area contributed by atoms with Gasteiger partial charge in [0, 0.05) is 22.0 Å². The van der Waals surface area contributed by atoms with Crippen molar-refractivity contribution in [3.63, 3.8) is 0 Å². The van der Waals surface area contributed by atoms with Gasteiger partial charge in [0.05, 0.1) is 0 Å². The molecule has 0 saturated heterocycles. The van der Waals surface area contributed by atoms with Crippen LogP contribution in [-0.2, 0) is 12.2 Å². The maximum Gasteiger partial charge on any atom is 0.252 e. The largest absolute Gasteiger partial charge is 0.291 e. The zero-order chi connectivity index (χ0) is 15.5. The standard InChI is InChI=1S/C15H15BrN4OS/c1-2-3-12-8-13(21)17-14-18-19-15(20(12)14)22-9-10-4-6-11(16)7-5-10/h4-8H,2-3,9H2,1H3,(H,17,18,21). The van der Waals surface area contributed by atoms with Crippen LogP contribution >= 0.6 is 27.7 Å². The van der Waals surface area contributed by atoms with Crippen molar-refractivity contribution in [1.29, 1.82) is 0 Å². The number of benzene rings is 1. The van der Waals surface area contributed by atoms with Crippen LogP contribution in [0, 0.1) is 0 Å². The third kappa shape index (κ3) is 3.25. The molecule has 0 unspecified atom stereocenters. The summed E-state index contributed by atoms with van der Waals surface area (Å²) >= 11 is 5.05. The Balaban J connectivity index is 1.90. The molecule has 0 radical (unpaired) electrons. The second-order valence-electron chi connectivity index (χ2n) is 4.93. The van der Waals surface area contributed by atoms with Crippen LogP contribution in [0.4, 0.5) is 0 Å². The number of hydrogen-bond donors (Lipinski definition) is 1. The first kappa shape index (κ1) is 15.3. The zero-order valence-corrected chi connectivity index (χ0v) is 14.4. The average Bonchev–Trinajstić information content (AvgIpc) is 2.90. The number of fused-ring (bicyclic) bond motifs is 1. The minimum Gasteiger partial charge on any atom is -0.291 e. The first-order chi connectivity index (χ1) is 10.7. The van der Waals surface area contributed by atoms with Gasteiger partial charge in [-0.15, -0.1) is 10.2 Å². The molecule has 0 aliphatic heterocycles. The predicted octanol–water partition coefficient (Wildman–Crippen LogP) is 3.42. The summed E-state index contributed by atoms with van der Waals surface area (Å²) in [5.74, 6) is 1.31. The molecule has 0 amide bonds. The summed E-state index contributed by atoms with van der Waals surface area (Å²) in [5, 5.41) is 9.09. The maximum atomic E-state index is 11.7. The molecule has 5 nitrogen and oxygen atoms in total. The van der Waals surface area contributed by atoms with Gasteiger partial charge in [0.1, 0.15) is 0 Å². The Morgan fingerprint density at radius 1 is 1.27 bits per heavy atom. The van der Waals surface area contributed by atoms with Gasteiger partial charge in [0.15, 0.2) is 5.16 Å². The van der Waals surface area contributed by atoms with E-state index in [0.29, 0.717) is 5.78 Å². The summed E-state index contributed by atoms with van der Waals surface area (Å²) in [5.41, 5.74) is 2.03. The summed E-state index contributed by atoms with van der Waals surface area (Å²) in [4.78, 5) is 14.4. The van der Waals surface area contributed by atoms with Crippen molar-refractivity contribution in [1.82, 2.24) is 19.6 Å². The summed E-state index contributed by atoms with van der Waals surface area (Å²) in [6.45, 7) is 2.09. The monoisotopic (exact) mass is 378 g/mol. The molecule has 0 saturated carbocycles. The molecule has 0 aliphatic rings. The van der Waals surface area contributed by atoms with E-state index in [1.54, 1.807) is 17.8 Å². The number of nitrogens with one attached hydrogen (secondary N) is 1. The first-order valence-corrected chi connectivity index (χ1v) is 8.80. The highest BCUT2D eigenvalue weighted by molar-refractivity contribution is 9.10. The van der Waals surface area contributed by atoms with E-state index >= 15 is 0 Å². The number of hydrogen-bond acceptors (Lipinski definition) is 4. The van der Waals surface area contributed by atoms with Crippen molar-refractivity contribution in [2.24, 2.45) is 0 Å². The van der Waals surface area contributed by atoms with Crippen LogP contribution < -0.4 is 5.56 Å². The molecule has 0 spiro atoms. The Morgan fingerprint density at radius 2 is 2.05 bits per heavy atom. The maximum absolute atomic E-state index is 11.7. The van der Waals surface area contributed by atoms with Crippen LogP contribution in [0.5, 0.6) is 0 Å². The number of aromatic amines is 1. The lowest BCUT2D eigenvalue weighted by Gasteiger charge is -2.06. The van der Waals surface area contributed by atoms with Crippen LogP contribution in [0.15, 0.2) is 44.8 Å².